The van der Waals surface area contributed by atoms with Crippen LogP contribution in [0.1, 0.15) is 16.8 Å². The SMILES string of the molecule is N#CCc1nn(-c2ccccc2)c(/N=C/c2cc(Br)ccc2O)c1C#N. The van der Waals surface area contributed by atoms with Crippen molar-refractivity contribution in [2.75, 3.05) is 0 Å². The van der Waals surface area contributed by atoms with Gasteiger partial charge in [0, 0.05) is 16.3 Å². The molecule has 0 atom stereocenters. The lowest BCUT2D eigenvalue weighted by Gasteiger charge is -2.04. The molecule has 3 aromatic rings. The van der Waals surface area contributed by atoms with Crippen LogP contribution in [-0.2, 0) is 6.42 Å². The van der Waals surface area contributed by atoms with Gasteiger partial charge in [-0.1, -0.05) is 34.1 Å². The van der Waals surface area contributed by atoms with E-state index in [-0.39, 0.29) is 17.7 Å². The molecule has 0 amide bonds. The summed E-state index contributed by atoms with van der Waals surface area (Å²) < 4.78 is 2.32. The van der Waals surface area contributed by atoms with E-state index in [4.69, 9.17) is 5.26 Å². The number of aliphatic imine (C=N–C) groups is 1. The molecule has 0 bridgehead atoms. The van der Waals surface area contributed by atoms with E-state index in [0.29, 0.717) is 17.1 Å². The van der Waals surface area contributed by atoms with Gasteiger partial charge < -0.3 is 5.11 Å². The normalized spacial score (nSPS) is 10.6. The van der Waals surface area contributed by atoms with Gasteiger partial charge in [-0.05, 0) is 30.3 Å². The Morgan fingerprint density at radius 3 is 2.65 bits per heavy atom. The van der Waals surface area contributed by atoms with E-state index < -0.39 is 0 Å². The van der Waals surface area contributed by atoms with Gasteiger partial charge in [-0.15, -0.1) is 0 Å². The molecule has 0 aliphatic carbocycles. The Kier molecular flexibility index (Phi) is 5.12. The highest BCUT2D eigenvalue weighted by molar-refractivity contribution is 9.10. The lowest BCUT2D eigenvalue weighted by Crippen LogP contribution is -1.97. The summed E-state index contributed by atoms with van der Waals surface area (Å²) in [6.07, 6.45) is 1.47. The molecule has 26 heavy (non-hydrogen) atoms. The van der Waals surface area contributed by atoms with Gasteiger partial charge in [0.15, 0.2) is 5.82 Å². The smallest absolute Gasteiger partial charge is 0.173 e. The number of phenols is 1. The predicted molar refractivity (Wildman–Crippen MR) is 101 cm³/mol. The van der Waals surface area contributed by atoms with E-state index >= 15 is 0 Å². The lowest BCUT2D eigenvalue weighted by atomic mass is 10.2. The summed E-state index contributed by atoms with van der Waals surface area (Å²) in [7, 11) is 0. The summed E-state index contributed by atoms with van der Waals surface area (Å²) in [5.41, 5.74) is 1.82. The second kappa shape index (κ2) is 7.64. The van der Waals surface area contributed by atoms with Crippen molar-refractivity contribution < 1.29 is 5.11 Å². The second-order valence-corrected chi connectivity index (χ2v) is 6.22. The molecule has 0 aliphatic rings. The Balaban J connectivity index is 2.16. The van der Waals surface area contributed by atoms with Gasteiger partial charge in [-0.25, -0.2) is 9.67 Å². The van der Waals surface area contributed by atoms with E-state index in [2.05, 4.69) is 32.1 Å². The van der Waals surface area contributed by atoms with Crippen molar-refractivity contribution in [2.24, 2.45) is 4.99 Å². The van der Waals surface area contributed by atoms with Crippen LogP contribution in [0.4, 0.5) is 5.82 Å². The van der Waals surface area contributed by atoms with Crippen molar-refractivity contribution in [1.82, 2.24) is 9.78 Å². The van der Waals surface area contributed by atoms with Crippen LogP contribution in [0.25, 0.3) is 5.69 Å². The van der Waals surface area contributed by atoms with Crippen LogP contribution in [0.15, 0.2) is 58.0 Å². The maximum absolute atomic E-state index is 9.97. The summed E-state index contributed by atoms with van der Waals surface area (Å²) in [4.78, 5) is 4.39. The predicted octanol–water partition coefficient (Wildman–Crippen LogP) is 4.03. The first-order valence-corrected chi connectivity index (χ1v) is 8.40. The third kappa shape index (κ3) is 3.49. The van der Waals surface area contributed by atoms with Gasteiger partial charge in [-0.2, -0.15) is 15.6 Å². The van der Waals surface area contributed by atoms with Crippen molar-refractivity contribution in [3.05, 3.63) is 69.8 Å². The molecule has 6 nitrogen and oxygen atoms in total. The van der Waals surface area contributed by atoms with Gasteiger partial charge in [-0.3, -0.25) is 0 Å². The van der Waals surface area contributed by atoms with Crippen molar-refractivity contribution in [1.29, 1.82) is 10.5 Å². The molecule has 0 saturated heterocycles. The van der Waals surface area contributed by atoms with Crippen molar-refractivity contribution >= 4 is 28.0 Å². The maximum Gasteiger partial charge on any atom is 0.173 e. The van der Waals surface area contributed by atoms with Crippen LogP contribution in [-0.4, -0.2) is 21.1 Å². The highest BCUT2D eigenvalue weighted by Crippen LogP contribution is 2.27. The van der Waals surface area contributed by atoms with Crippen LogP contribution in [0.3, 0.4) is 0 Å². The molecule has 2 aromatic carbocycles. The number of para-hydroxylation sites is 1. The number of hydrogen-bond donors (Lipinski definition) is 1. The number of nitrogens with zero attached hydrogens (tertiary/aromatic N) is 5. The van der Waals surface area contributed by atoms with E-state index in [1.807, 2.05) is 36.4 Å². The van der Waals surface area contributed by atoms with Crippen LogP contribution in [0, 0.1) is 22.7 Å². The summed E-state index contributed by atoms with van der Waals surface area (Å²) in [6.45, 7) is 0. The lowest BCUT2D eigenvalue weighted by molar-refractivity contribution is 0.474. The molecule has 7 heteroatoms. The minimum atomic E-state index is 0.00732. The fourth-order valence-corrected chi connectivity index (χ4v) is 2.77. The number of rotatable bonds is 4. The van der Waals surface area contributed by atoms with Crippen molar-refractivity contribution in [2.45, 2.75) is 6.42 Å². The fraction of sp³-hybridized carbons (Fsp3) is 0.0526. The Morgan fingerprint density at radius 1 is 1.19 bits per heavy atom. The number of hydrogen-bond acceptors (Lipinski definition) is 5. The average Bonchev–Trinajstić information content (AvgIpc) is 3.01. The van der Waals surface area contributed by atoms with E-state index in [0.717, 1.165) is 10.2 Å². The third-order valence-electron chi connectivity index (χ3n) is 3.61. The average molecular weight is 406 g/mol. The molecule has 1 N–H and O–H groups in total. The summed E-state index contributed by atoms with van der Waals surface area (Å²) in [5.74, 6) is 0.377. The first-order valence-electron chi connectivity index (χ1n) is 7.61. The first kappa shape index (κ1) is 17.4. The molecule has 1 aromatic heterocycles. The molecule has 126 valence electrons. The van der Waals surface area contributed by atoms with Crippen LogP contribution >= 0.6 is 15.9 Å². The molecule has 0 unspecified atom stereocenters. The number of aromatic hydroxyl groups is 1. The van der Waals surface area contributed by atoms with E-state index in [1.165, 1.54) is 10.9 Å². The molecule has 3 rings (SSSR count). The maximum atomic E-state index is 9.97. The molecule has 0 saturated carbocycles. The summed E-state index contributed by atoms with van der Waals surface area (Å²) in [6, 6.07) is 18.3. The van der Waals surface area contributed by atoms with Gasteiger partial charge in [0.2, 0.25) is 0 Å². The van der Waals surface area contributed by atoms with Crippen molar-refractivity contribution in [3.63, 3.8) is 0 Å². The van der Waals surface area contributed by atoms with Crippen molar-refractivity contribution in [3.8, 4) is 23.6 Å². The molecule has 0 radical (unpaired) electrons. The van der Waals surface area contributed by atoms with Crippen LogP contribution in [0.5, 0.6) is 5.75 Å². The number of aromatic nitrogens is 2. The number of halogens is 1. The van der Waals surface area contributed by atoms with Gasteiger partial charge in [0.05, 0.1) is 23.9 Å². The Labute approximate surface area is 158 Å². The molecular formula is C19H12BrN5O. The van der Waals surface area contributed by atoms with Crippen LogP contribution in [0.2, 0.25) is 0 Å². The molecule has 1 heterocycles. The minimum Gasteiger partial charge on any atom is -0.507 e. The zero-order chi connectivity index (χ0) is 18.5. The van der Waals surface area contributed by atoms with Gasteiger partial charge in [0.25, 0.3) is 0 Å². The Hall–Kier alpha value is -3.42. The number of phenolic OH excluding ortho intramolecular Hbond substituents is 1. The standard InChI is InChI=1S/C19H12BrN5O/c20-14-6-7-18(26)13(10-14)12-23-19-16(11-22)17(8-9-21)24-25(19)15-4-2-1-3-5-15/h1-7,10,12,26H,8H2/b23-12+. The second-order valence-electron chi connectivity index (χ2n) is 5.30. The summed E-state index contributed by atoms with van der Waals surface area (Å²) in [5, 5.41) is 32.9. The Morgan fingerprint density at radius 2 is 1.96 bits per heavy atom. The van der Waals surface area contributed by atoms with E-state index in [9.17, 15) is 10.4 Å². The quantitative estimate of drug-likeness (QED) is 0.662. The zero-order valence-corrected chi connectivity index (χ0v) is 15.1. The monoisotopic (exact) mass is 405 g/mol. The molecule has 0 spiro atoms. The highest BCUT2D eigenvalue weighted by atomic mass is 79.9. The largest absolute Gasteiger partial charge is 0.507 e. The highest BCUT2D eigenvalue weighted by Gasteiger charge is 2.18. The molecule has 0 fully saturated rings. The molecule has 0 aliphatic heterocycles. The zero-order valence-electron chi connectivity index (χ0n) is 13.5. The number of benzene rings is 2. The third-order valence-corrected chi connectivity index (χ3v) is 4.10. The first-order chi connectivity index (χ1) is 12.6. The fourth-order valence-electron chi connectivity index (χ4n) is 2.39. The van der Waals surface area contributed by atoms with Gasteiger partial charge >= 0.3 is 0 Å². The number of nitriles is 2. The van der Waals surface area contributed by atoms with Gasteiger partial charge in [0.1, 0.15) is 17.4 Å². The van der Waals surface area contributed by atoms with Crippen LogP contribution < -0.4 is 0 Å². The summed E-state index contributed by atoms with van der Waals surface area (Å²) >= 11 is 3.35. The molecular weight excluding hydrogens is 394 g/mol. The topological polar surface area (TPSA) is 98.0 Å². The Bertz CT molecular complexity index is 1060. The minimum absolute atomic E-state index is 0.00732. The van der Waals surface area contributed by atoms with E-state index in [1.54, 1.807) is 18.2 Å².